The molecule has 128 valence electrons. The molecule has 2 rings (SSSR count). The fourth-order valence-electron chi connectivity index (χ4n) is 2.47. The van der Waals surface area contributed by atoms with E-state index in [9.17, 15) is 13.2 Å². The van der Waals surface area contributed by atoms with E-state index in [0.717, 1.165) is 4.31 Å². The van der Waals surface area contributed by atoms with Crippen LogP contribution in [-0.4, -0.2) is 50.1 Å². The van der Waals surface area contributed by atoms with Gasteiger partial charge in [0.1, 0.15) is 0 Å². The van der Waals surface area contributed by atoms with E-state index in [-0.39, 0.29) is 12.5 Å². The maximum atomic E-state index is 12.4. The SMILES string of the molecule is CN(C)S(=O)(=O)N1CCC[C@@H](C(=O)Nc2cc(Cl)cc(Cl)c2)C1. The van der Waals surface area contributed by atoms with Crippen LogP contribution in [0.1, 0.15) is 12.8 Å². The van der Waals surface area contributed by atoms with Crippen molar-refractivity contribution in [3.63, 3.8) is 0 Å². The fraction of sp³-hybridized carbons (Fsp3) is 0.500. The van der Waals surface area contributed by atoms with Crippen molar-refractivity contribution >= 4 is 45.0 Å². The number of carbonyl (C=O) groups is 1. The summed E-state index contributed by atoms with van der Waals surface area (Å²) < 4.78 is 26.9. The normalized spacial score (nSPS) is 19.8. The molecule has 1 aromatic rings. The number of anilines is 1. The highest BCUT2D eigenvalue weighted by molar-refractivity contribution is 7.86. The predicted octanol–water partition coefficient (Wildman–Crippen LogP) is 2.45. The smallest absolute Gasteiger partial charge is 0.281 e. The molecule has 1 N–H and O–H groups in total. The summed E-state index contributed by atoms with van der Waals surface area (Å²) in [5, 5.41) is 3.60. The highest BCUT2D eigenvalue weighted by atomic mass is 35.5. The molecular weight excluding hydrogens is 361 g/mol. The Bertz CT molecular complexity index is 674. The number of benzene rings is 1. The maximum Gasteiger partial charge on any atom is 0.281 e. The van der Waals surface area contributed by atoms with Crippen molar-refractivity contribution < 1.29 is 13.2 Å². The van der Waals surface area contributed by atoms with Crippen LogP contribution in [0, 0.1) is 5.92 Å². The van der Waals surface area contributed by atoms with Crippen LogP contribution >= 0.6 is 23.2 Å². The number of nitrogens with one attached hydrogen (secondary N) is 1. The Labute approximate surface area is 146 Å². The van der Waals surface area contributed by atoms with Crippen LogP contribution < -0.4 is 5.32 Å². The van der Waals surface area contributed by atoms with E-state index >= 15 is 0 Å². The zero-order valence-electron chi connectivity index (χ0n) is 12.9. The Morgan fingerprint density at radius 2 is 1.87 bits per heavy atom. The lowest BCUT2D eigenvalue weighted by Gasteiger charge is -2.32. The Balaban J connectivity index is 2.07. The Hall–Kier alpha value is -0.860. The number of hydrogen-bond acceptors (Lipinski definition) is 3. The topological polar surface area (TPSA) is 69.7 Å². The first-order chi connectivity index (χ1) is 10.7. The average Bonchev–Trinajstić information content (AvgIpc) is 2.46. The van der Waals surface area contributed by atoms with E-state index in [1.54, 1.807) is 18.2 Å². The second-order valence-corrected chi connectivity index (χ2v) is 8.65. The lowest BCUT2D eigenvalue weighted by Crippen LogP contribution is -2.47. The van der Waals surface area contributed by atoms with E-state index in [1.165, 1.54) is 18.4 Å². The van der Waals surface area contributed by atoms with E-state index in [4.69, 9.17) is 23.2 Å². The minimum atomic E-state index is -3.51. The van der Waals surface area contributed by atoms with Crippen LogP contribution in [0.25, 0.3) is 0 Å². The van der Waals surface area contributed by atoms with E-state index in [2.05, 4.69) is 5.32 Å². The molecule has 1 aliphatic rings. The molecule has 9 heteroatoms. The highest BCUT2D eigenvalue weighted by Crippen LogP contribution is 2.25. The number of rotatable bonds is 4. The monoisotopic (exact) mass is 379 g/mol. The lowest BCUT2D eigenvalue weighted by atomic mass is 9.99. The van der Waals surface area contributed by atoms with Gasteiger partial charge in [0, 0.05) is 42.9 Å². The molecule has 6 nitrogen and oxygen atoms in total. The van der Waals surface area contributed by atoms with Gasteiger partial charge in [-0.05, 0) is 31.0 Å². The van der Waals surface area contributed by atoms with Gasteiger partial charge in [0.15, 0.2) is 0 Å². The summed E-state index contributed by atoms with van der Waals surface area (Å²) >= 11 is 11.8. The van der Waals surface area contributed by atoms with Gasteiger partial charge in [0.25, 0.3) is 10.2 Å². The predicted molar refractivity (Wildman–Crippen MR) is 92.0 cm³/mol. The molecule has 23 heavy (non-hydrogen) atoms. The fourth-order valence-corrected chi connectivity index (χ4v) is 4.18. The molecule has 0 aliphatic carbocycles. The van der Waals surface area contributed by atoms with Crippen LogP contribution in [0.3, 0.4) is 0 Å². The number of carbonyl (C=O) groups excluding carboxylic acids is 1. The van der Waals surface area contributed by atoms with Crippen molar-refractivity contribution in [1.82, 2.24) is 8.61 Å². The molecule has 0 spiro atoms. The van der Waals surface area contributed by atoms with Gasteiger partial charge in [-0.3, -0.25) is 4.79 Å². The van der Waals surface area contributed by atoms with Crippen molar-refractivity contribution in [2.75, 3.05) is 32.5 Å². The average molecular weight is 380 g/mol. The van der Waals surface area contributed by atoms with E-state index in [0.29, 0.717) is 35.1 Å². The van der Waals surface area contributed by atoms with E-state index in [1.807, 2.05) is 0 Å². The van der Waals surface area contributed by atoms with Crippen molar-refractivity contribution in [3.8, 4) is 0 Å². The van der Waals surface area contributed by atoms with Gasteiger partial charge < -0.3 is 5.32 Å². The number of halogens is 2. The summed E-state index contributed by atoms with van der Waals surface area (Å²) in [5.74, 6) is -0.641. The maximum absolute atomic E-state index is 12.4. The van der Waals surface area contributed by atoms with Gasteiger partial charge >= 0.3 is 0 Å². The molecule has 1 heterocycles. The van der Waals surface area contributed by atoms with Crippen LogP contribution in [0.15, 0.2) is 18.2 Å². The Morgan fingerprint density at radius 3 is 2.43 bits per heavy atom. The molecule has 0 unspecified atom stereocenters. The summed E-state index contributed by atoms with van der Waals surface area (Å²) in [4.78, 5) is 12.4. The Morgan fingerprint density at radius 1 is 1.26 bits per heavy atom. The lowest BCUT2D eigenvalue weighted by molar-refractivity contribution is -0.120. The molecule has 1 fully saturated rings. The first kappa shape index (κ1) is 18.5. The summed E-state index contributed by atoms with van der Waals surface area (Å²) in [7, 11) is -0.550. The third-order valence-electron chi connectivity index (χ3n) is 3.67. The molecule has 1 amide bonds. The number of piperidine rings is 1. The number of nitrogens with zero attached hydrogens (tertiary/aromatic N) is 2. The zero-order valence-corrected chi connectivity index (χ0v) is 15.2. The molecule has 1 aliphatic heterocycles. The van der Waals surface area contributed by atoms with Crippen LogP contribution in [0.5, 0.6) is 0 Å². The van der Waals surface area contributed by atoms with Gasteiger partial charge in [-0.2, -0.15) is 17.0 Å². The zero-order chi connectivity index (χ0) is 17.2. The van der Waals surface area contributed by atoms with Crippen molar-refractivity contribution in [3.05, 3.63) is 28.2 Å². The van der Waals surface area contributed by atoms with Crippen molar-refractivity contribution in [1.29, 1.82) is 0 Å². The molecular formula is C14H19Cl2N3O3S. The van der Waals surface area contributed by atoms with Crippen LogP contribution in [0.4, 0.5) is 5.69 Å². The third kappa shape index (κ3) is 4.58. The summed E-state index contributed by atoms with van der Waals surface area (Å²) in [6.45, 7) is 0.591. The van der Waals surface area contributed by atoms with Crippen molar-refractivity contribution in [2.45, 2.75) is 12.8 Å². The molecule has 0 bridgehead atoms. The quantitative estimate of drug-likeness (QED) is 0.873. The minimum Gasteiger partial charge on any atom is -0.326 e. The first-order valence-corrected chi connectivity index (χ1v) is 9.30. The van der Waals surface area contributed by atoms with Gasteiger partial charge in [-0.1, -0.05) is 23.2 Å². The molecule has 0 saturated carbocycles. The molecule has 0 aromatic heterocycles. The third-order valence-corrected chi connectivity index (χ3v) is 6.02. The van der Waals surface area contributed by atoms with Crippen LogP contribution in [0.2, 0.25) is 10.0 Å². The van der Waals surface area contributed by atoms with Crippen molar-refractivity contribution in [2.24, 2.45) is 5.92 Å². The standard InChI is InChI=1S/C14H19Cl2N3O3S/c1-18(2)23(21,22)19-5-3-4-10(9-19)14(20)17-13-7-11(15)6-12(16)8-13/h6-8,10H,3-5,9H2,1-2H3,(H,17,20)/t10-/m1/s1. The molecule has 0 radical (unpaired) electrons. The van der Waals surface area contributed by atoms with Gasteiger partial charge in [-0.25, -0.2) is 0 Å². The molecule has 1 saturated heterocycles. The summed E-state index contributed by atoms with van der Waals surface area (Å²) in [6.07, 6.45) is 1.28. The molecule has 1 aromatic carbocycles. The van der Waals surface area contributed by atoms with Gasteiger partial charge in [0.2, 0.25) is 5.91 Å². The van der Waals surface area contributed by atoms with Crippen LogP contribution in [-0.2, 0) is 15.0 Å². The minimum absolute atomic E-state index is 0.167. The largest absolute Gasteiger partial charge is 0.326 e. The van der Waals surface area contributed by atoms with E-state index < -0.39 is 16.1 Å². The summed E-state index contributed by atoms with van der Waals surface area (Å²) in [6, 6.07) is 4.77. The molecule has 1 atom stereocenters. The number of hydrogen-bond donors (Lipinski definition) is 1. The van der Waals surface area contributed by atoms with Gasteiger partial charge in [0.05, 0.1) is 5.92 Å². The van der Waals surface area contributed by atoms with Gasteiger partial charge in [-0.15, -0.1) is 0 Å². The number of amides is 1. The highest BCUT2D eigenvalue weighted by Gasteiger charge is 2.33. The second-order valence-electron chi connectivity index (χ2n) is 5.63. The Kier molecular flexibility index (Phi) is 5.91. The summed E-state index contributed by atoms with van der Waals surface area (Å²) in [5.41, 5.74) is 0.500. The second kappa shape index (κ2) is 7.36. The first-order valence-electron chi connectivity index (χ1n) is 7.14.